The summed E-state index contributed by atoms with van der Waals surface area (Å²) in [6.07, 6.45) is 2.02. The van der Waals surface area contributed by atoms with Gasteiger partial charge in [0.25, 0.3) is 5.91 Å². The molecule has 0 spiro atoms. The van der Waals surface area contributed by atoms with E-state index in [9.17, 15) is 9.59 Å². The summed E-state index contributed by atoms with van der Waals surface area (Å²) in [5.74, 6) is -0.418. The minimum Gasteiger partial charge on any atom is -0.345 e. The normalized spacial score (nSPS) is 25.7. The first-order valence-electron chi connectivity index (χ1n) is 9.97. The number of fused-ring (bicyclic) bond motifs is 2. The van der Waals surface area contributed by atoms with Gasteiger partial charge in [-0.3, -0.25) is 14.5 Å². The quantitative estimate of drug-likeness (QED) is 0.861. The molecule has 2 N–H and O–H groups in total. The largest absolute Gasteiger partial charge is 0.345 e. The fourth-order valence-electron chi connectivity index (χ4n) is 4.41. The van der Waals surface area contributed by atoms with Crippen molar-refractivity contribution < 1.29 is 9.59 Å². The molecule has 5 heteroatoms. The molecule has 2 aromatic rings. The van der Waals surface area contributed by atoms with Crippen LogP contribution in [0.1, 0.15) is 36.2 Å². The van der Waals surface area contributed by atoms with Gasteiger partial charge in [-0.2, -0.15) is 0 Å². The van der Waals surface area contributed by atoms with Gasteiger partial charge in [-0.1, -0.05) is 42.5 Å². The molecule has 2 aliphatic heterocycles. The summed E-state index contributed by atoms with van der Waals surface area (Å²) in [7, 11) is 0. The number of benzene rings is 2. The number of aryl methyl sites for hydroxylation is 1. The molecule has 1 fully saturated rings. The van der Waals surface area contributed by atoms with Crippen molar-refractivity contribution in [2.24, 2.45) is 5.92 Å². The highest BCUT2D eigenvalue weighted by molar-refractivity contribution is 6.06. The van der Waals surface area contributed by atoms with Crippen LogP contribution in [-0.4, -0.2) is 41.4 Å². The lowest BCUT2D eigenvalue weighted by molar-refractivity contribution is -0.121. The second kappa shape index (κ2) is 7.40. The molecule has 2 amide bonds. The Morgan fingerprint density at radius 2 is 1.82 bits per heavy atom. The SMILES string of the molecule is CC(CCc1ccccc1)N1C[C@H]2C(=O)Nc3ccccc3C(=O)N[C@@]2(C)C1. The third-order valence-electron chi connectivity index (χ3n) is 6.18. The number of hydrogen-bond acceptors (Lipinski definition) is 3. The highest BCUT2D eigenvalue weighted by Gasteiger charge is 2.49. The molecule has 2 aromatic carbocycles. The van der Waals surface area contributed by atoms with Gasteiger partial charge in [-0.05, 0) is 44.4 Å². The molecular weight excluding hydrogens is 350 g/mol. The number of rotatable bonds is 4. The maximum Gasteiger partial charge on any atom is 0.253 e. The molecule has 4 rings (SSSR count). The van der Waals surface area contributed by atoms with Crippen LogP contribution in [0.2, 0.25) is 0 Å². The average molecular weight is 377 g/mol. The first kappa shape index (κ1) is 18.7. The fraction of sp³-hybridized carbons (Fsp3) is 0.391. The Morgan fingerprint density at radius 1 is 1.11 bits per heavy atom. The average Bonchev–Trinajstić information content (AvgIpc) is 3.03. The van der Waals surface area contributed by atoms with Crippen molar-refractivity contribution in [3.63, 3.8) is 0 Å². The number of carbonyl (C=O) groups excluding carboxylic acids is 2. The molecule has 1 saturated heterocycles. The van der Waals surface area contributed by atoms with Crippen LogP contribution in [0.25, 0.3) is 0 Å². The summed E-state index contributed by atoms with van der Waals surface area (Å²) >= 11 is 0. The molecule has 5 nitrogen and oxygen atoms in total. The molecule has 0 radical (unpaired) electrons. The molecular formula is C23H27N3O2. The van der Waals surface area contributed by atoms with Crippen LogP contribution in [0.3, 0.4) is 0 Å². The third-order valence-corrected chi connectivity index (χ3v) is 6.18. The molecule has 0 aliphatic carbocycles. The van der Waals surface area contributed by atoms with Crippen LogP contribution in [0, 0.1) is 5.92 Å². The lowest BCUT2D eigenvalue weighted by Gasteiger charge is -2.34. The van der Waals surface area contributed by atoms with Gasteiger partial charge in [0.15, 0.2) is 0 Å². The summed E-state index contributed by atoms with van der Waals surface area (Å²) in [5, 5.41) is 6.14. The van der Waals surface area contributed by atoms with Crippen molar-refractivity contribution in [3.05, 3.63) is 65.7 Å². The summed E-state index contributed by atoms with van der Waals surface area (Å²) in [6, 6.07) is 18.0. The summed E-state index contributed by atoms with van der Waals surface area (Å²) < 4.78 is 0. The van der Waals surface area contributed by atoms with Crippen molar-refractivity contribution in [1.82, 2.24) is 10.2 Å². The topological polar surface area (TPSA) is 61.4 Å². The van der Waals surface area contributed by atoms with Crippen LogP contribution in [-0.2, 0) is 11.2 Å². The van der Waals surface area contributed by atoms with E-state index in [4.69, 9.17) is 0 Å². The first-order chi connectivity index (χ1) is 13.5. The van der Waals surface area contributed by atoms with Crippen molar-refractivity contribution in [3.8, 4) is 0 Å². The number of amides is 2. The third kappa shape index (κ3) is 3.54. The molecule has 28 heavy (non-hydrogen) atoms. The van der Waals surface area contributed by atoms with Gasteiger partial charge in [0.05, 0.1) is 22.7 Å². The molecule has 3 atom stereocenters. The number of nitrogens with zero attached hydrogens (tertiary/aromatic N) is 1. The zero-order valence-electron chi connectivity index (χ0n) is 16.4. The first-order valence-corrected chi connectivity index (χ1v) is 9.97. The Morgan fingerprint density at radius 3 is 2.61 bits per heavy atom. The second-order valence-electron chi connectivity index (χ2n) is 8.26. The van der Waals surface area contributed by atoms with Gasteiger partial charge in [0, 0.05) is 19.1 Å². The maximum absolute atomic E-state index is 13.0. The maximum atomic E-state index is 13.0. The number of anilines is 1. The van der Waals surface area contributed by atoms with E-state index >= 15 is 0 Å². The van der Waals surface area contributed by atoms with E-state index in [0.29, 0.717) is 30.4 Å². The Kier molecular flexibility index (Phi) is 4.94. The van der Waals surface area contributed by atoms with Crippen molar-refractivity contribution >= 4 is 17.5 Å². The highest BCUT2D eigenvalue weighted by atomic mass is 16.2. The van der Waals surface area contributed by atoms with Crippen LogP contribution in [0.4, 0.5) is 5.69 Å². The standard InChI is InChI=1S/C23H27N3O2/c1-16(12-13-17-8-4-3-5-9-17)26-14-19-22(28)24-20-11-7-6-10-18(20)21(27)25-23(19,2)15-26/h3-11,16,19H,12-15H2,1-2H3,(H,24,28)(H,25,27)/t16?,19-,23-/m0/s1. The smallest absolute Gasteiger partial charge is 0.253 e. The lowest BCUT2D eigenvalue weighted by atomic mass is 9.86. The minimum absolute atomic E-state index is 0.0206. The van der Waals surface area contributed by atoms with Crippen molar-refractivity contribution in [1.29, 1.82) is 0 Å². The predicted octanol–water partition coefficient (Wildman–Crippen LogP) is 3.08. The van der Waals surface area contributed by atoms with Crippen molar-refractivity contribution in [2.45, 2.75) is 38.3 Å². The van der Waals surface area contributed by atoms with Gasteiger partial charge < -0.3 is 10.6 Å². The molecule has 1 unspecified atom stereocenters. The zero-order chi connectivity index (χ0) is 19.7. The molecule has 0 saturated carbocycles. The van der Waals surface area contributed by atoms with Gasteiger partial charge in [-0.15, -0.1) is 0 Å². The lowest BCUT2D eigenvalue weighted by Crippen LogP contribution is -2.56. The van der Waals surface area contributed by atoms with E-state index in [-0.39, 0.29) is 17.7 Å². The van der Waals surface area contributed by atoms with Gasteiger partial charge in [-0.25, -0.2) is 0 Å². The van der Waals surface area contributed by atoms with Gasteiger partial charge >= 0.3 is 0 Å². The number of para-hydroxylation sites is 1. The van der Waals surface area contributed by atoms with E-state index < -0.39 is 5.54 Å². The summed E-state index contributed by atoms with van der Waals surface area (Å²) in [6.45, 7) is 5.53. The Bertz CT molecular complexity index is 882. The molecule has 0 aromatic heterocycles. The van der Waals surface area contributed by atoms with Gasteiger partial charge in [0.2, 0.25) is 5.91 Å². The minimum atomic E-state index is -0.574. The van der Waals surface area contributed by atoms with Crippen LogP contribution >= 0.6 is 0 Å². The van der Waals surface area contributed by atoms with Crippen LogP contribution in [0.15, 0.2) is 54.6 Å². The van der Waals surface area contributed by atoms with Crippen LogP contribution in [0.5, 0.6) is 0 Å². The second-order valence-corrected chi connectivity index (χ2v) is 8.26. The van der Waals surface area contributed by atoms with Crippen LogP contribution < -0.4 is 10.6 Å². The molecule has 146 valence electrons. The zero-order valence-corrected chi connectivity index (χ0v) is 16.4. The van der Waals surface area contributed by atoms with E-state index in [2.05, 4.69) is 46.7 Å². The summed E-state index contributed by atoms with van der Waals surface area (Å²) in [5.41, 5.74) is 1.86. The Balaban J connectivity index is 1.50. The monoisotopic (exact) mass is 377 g/mol. The fourth-order valence-corrected chi connectivity index (χ4v) is 4.41. The Labute approximate surface area is 166 Å². The number of carbonyl (C=O) groups is 2. The van der Waals surface area contributed by atoms with E-state index in [1.807, 2.05) is 25.1 Å². The van der Waals surface area contributed by atoms with Gasteiger partial charge in [0.1, 0.15) is 0 Å². The number of nitrogens with one attached hydrogen (secondary N) is 2. The van der Waals surface area contributed by atoms with E-state index in [0.717, 1.165) is 12.8 Å². The highest BCUT2D eigenvalue weighted by Crippen LogP contribution is 2.33. The predicted molar refractivity (Wildman–Crippen MR) is 110 cm³/mol. The van der Waals surface area contributed by atoms with E-state index in [1.165, 1.54) is 5.56 Å². The molecule has 2 heterocycles. The van der Waals surface area contributed by atoms with E-state index in [1.54, 1.807) is 12.1 Å². The molecule has 2 aliphatic rings. The molecule has 0 bridgehead atoms. The number of likely N-dealkylation sites (tertiary alicyclic amines) is 1. The van der Waals surface area contributed by atoms with Crippen molar-refractivity contribution in [2.75, 3.05) is 18.4 Å². The Hall–Kier alpha value is -2.66. The summed E-state index contributed by atoms with van der Waals surface area (Å²) in [4.78, 5) is 28.1. The number of hydrogen-bond donors (Lipinski definition) is 2.